The molecule has 34 heavy (non-hydrogen) atoms. The zero-order chi connectivity index (χ0) is 23.7. The van der Waals surface area contributed by atoms with E-state index in [9.17, 15) is 0 Å². The van der Waals surface area contributed by atoms with Crippen LogP contribution in [0.1, 0.15) is 29.2 Å². The average molecular weight is 472 g/mol. The lowest BCUT2D eigenvalue weighted by Gasteiger charge is -2.30. The molecule has 1 aliphatic heterocycles. The van der Waals surface area contributed by atoms with Crippen molar-refractivity contribution in [3.05, 3.63) is 96.3 Å². The molecule has 4 aromatic rings. The van der Waals surface area contributed by atoms with Crippen molar-refractivity contribution in [2.45, 2.75) is 19.0 Å². The number of hydrogen-bond acceptors (Lipinski definition) is 5. The monoisotopic (exact) mass is 471 g/mol. The molecule has 3 aromatic heterocycles. The largest absolute Gasteiger partial charge is 0.497 e. The van der Waals surface area contributed by atoms with Crippen molar-refractivity contribution in [3.8, 4) is 17.2 Å². The van der Waals surface area contributed by atoms with Crippen molar-refractivity contribution < 1.29 is 9.47 Å². The van der Waals surface area contributed by atoms with E-state index >= 15 is 0 Å². The summed E-state index contributed by atoms with van der Waals surface area (Å²) in [6, 6.07) is 19.6. The van der Waals surface area contributed by atoms with Crippen LogP contribution in [-0.4, -0.2) is 33.9 Å². The highest BCUT2D eigenvalue weighted by Gasteiger charge is 2.43. The van der Waals surface area contributed by atoms with Crippen molar-refractivity contribution >= 4 is 23.0 Å². The standard InChI is InChI=1S/C26H25N5O2S/c1-17-9-11-22(30(17)18-7-6-13-27-16-18)25-24(20-8-4-5-14-28-20)29-26(34)31(25)21-12-10-19(32-2)15-23(21)33-3/h4-16,24-25H,1-3H3,(H,29,34)/t24-,25+/m1/s1. The number of aryl methyl sites for hydroxylation is 1. The quantitative estimate of drug-likeness (QED) is 0.407. The molecule has 1 aliphatic rings. The molecule has 1 N–H and O–H groups in total. The van der Waals surface area contributed by atoms with E-state index in [4.69, 9.17) is 21.7 Å². The molecule has 0 radical (unpaired) electrons. The van der Waals surface area contributed by atoms with Gasteiger partial charge in [-0.05, 0) is 67.7 Å². The molecule has 0 aliphatic carbocycles. The molecular weight excluding hydrogens is 446 g/mol. The maximum absolute atomic E-state index is 5.89. The van der Waals surface area contributed by atoms with Gasteiger partial charge in [0.25, 0.3) is 0 Å². The van der Waals surface area contributed by atoms with E-state index in [-0.39, 0.29) is 12.1 Å². The molecule has 0 bridgehead atoms. The number of pyridine rings is 2. The molecule has 0 saturated carbocycles. The summed E-state index contributed by atoms with van der Waals surface area (Å²) in [4.78, 5) is 11.1. The summed E-state index contributed by atoms with van der Waals surface area (Å²) in [7, 11) is 3.29. The first kappa shape index (κ1) is 21.9. The van der Waals surface area contributed by atoms with E-state index in [1.165, 1.54) is 0 Å². The first-order valence-electron chi connectivity index (χ1n) is 10.9. The van der Waals surface area contributed by atoms with Gasteiger partial charge in [-0.15, -0.1) is 0 Å². The van der Waals surface area contributed by atoms with Gasteiger partial charge in [-0.3, -0.25) is 9.97 Å². The van der Waals surface area contributed by atoms with E-state index in [2.05, 4.69) is 49.9 Å². The minimum atomic E-state index is -0.196. The fourth-order valence-corrected chi connectivity index (χ4v) is 4.87. The molecule has 1 aromatic carbocycles. The number of ether oxygens (including phenoxy) is 2. The highest BCUT2D eigenvalue weighted by Crippen LogP contribution is 2.46. The highest BCUT2D eigenvalue weighted by molar-refractivity contribution is 7.80. The fraction of sp³-hybridized carbons (Fsp3) is 0.192. The predicted molar refractivity (Wildman–Crippen MR) is 136 cm³/mol. The summed E-state index contributed by atoms with van der Waals surface area (Å²) in [6.45, 7) is 2.09. The number of benzene rings is 1. The molecule has 8 heteroatoms. The Morgan fingerprint density at radius 2 is 1.85 bits per heavy atom. The van der Waals surface area contributed by atoms with Gasteiger partial charge in [0.05, 0.1) is 43.5 Å². The minimum absolute atomic E-state index is 0.176. The summed E-state index contributed by atoms with van der Waals surface area (Å²) < 4.78 is 13.4. The number of aromatic nitrogens is 3. The third-order valence-electron chi connectivity index (χ3n) is 6.06. The Morgan fingerprint density at radius 1 is 0.971 bits per heavy atom. The van der Waals surface area contributed by atoms with Crippen LogP contribution >= 0.6 is 12.2 Å². The maximum atomic E-state index is 5.89. The Labute approximate surface area is 204 Å². The van der Waals surface area contributed by atoms with Crippen LogP contribution in [0, 0.1) is 6.92 Å². The molecule has 7 nitrogen and oxygen atoms in total. The summed E-state index contributed by atoms with van der Waals surface area (Å²) in [6.07, 6.45) is 5.45. The molecular formula is C26H25N5O2S. The highest BCUT2D eigenvalue weighted by atomic mass is 32.1. The van der Waals surface area contributed by atoms with Crippen LogP contribution in [0.25, 0.3) is 5.69 Å². The molecule has 1 fully saturated rings. The SMILES string of the molecule is COc1ccc(N2C(=S)N[C@H](c3ccccn3)[C@@H]2c2ccc(C)n2-c2cccnc2)c(OC)c1. The normalized spacial score (nSPS) is 17.5. The van der Waals surface area contributed by atoms with E-state index in [0.717, 1.165) is 28.5 Å². The third-order valence-corrected chi connectivity index (χ3v) is 6.37. The average Bonchev–Trinajstić information content (AvgIpc) is 3.43. The van der Waals surface area contributed by atoms with Crippen LogP contribution in [-0.2, 0) is 0 Å². The molecule has 5 rings (SSSR count). The van der Waals surface area contributed by atoms with E-state index in [1.54, 1.807) is 26.6 Å². The Morgan fingerprint density at radius 3 is 2.56 bits per heavy atom. The van der Waals surface area contributed by atoms with Crippen molar-refractivity contribution in [3.63, 3.8) is 0 Å². The van der Waals surface area contributed by atoms with Crippen molar-refractivity contribution in [2.24, 2.45) is 0 Å². The number of hydrogen-bond donors (Lipinski definition) is 1. The predicted octanol–water partition coefficient (Wildman–Crippen LogP) is 4.77. The van der Waals surface area contributed by atoms with Gasteiger partial charge in [0.15, 0.2) is 5.11 Å². The molecule has 1 saturated heterocycles. The summed E-state index contributed by atoms with van der Waals surface area (Å²) in [5.41, 5.74) is 4.90. The smallest absolute Gasteiger partial charge is 0.174 e. The molecule has 0 unspecified atom stereocenters. The lowest BCUT2D eigenvalue weighted by Crippen LogP contribution is -2.30. The Hall–Kier alpha value is -3.91. The van der Waals surface area contributed by atoms with Gasteiger partial charge < -0.3 is 24.3 Å². The van der Waals surface area contributed by atoms with E-state index in [1.807, 2.05) is 48.7 Å². The second-order valence-corrected chi connectivity index (χ2v) is 8.37. The van der Waals surface area contributed by atoms with Crippen LogP contribution in [0.15, 0.2) is 79.3 Å². The maximum Gasteiger partial charge on any atom is 0.174 e. The van der Waals surface area contributed by atoms with E-state index < -0.39 is 0 Å². The molecule has 0 spiro atoms. The molecule has 2 atom stereocenters. The number of nitrogens with zero attached hydrogens (tertiary/aromatic N) is 4. The van der Waals surface area contributed by atoms with Crippen molar-refractivity contribution in [2.75, 3.05) is 19.1 Å². The van der Waals surface area contributed by atoms with Crippen LogP contribution < -0.4 is 19.7 Å². The zero-order valence-corrected chi connectivity index (χ0v) is 20.0. The number of thiocarbonyl (C=S) groups is 1. The van der Waals surface area contributed by atoms with Crippen LogP contribution in [0.5, 0.6) is 11.5 Å². The van der Waals surface area contributed by atoms with Crippen LogP contribution in [0.4, 0.5) is 5.69 Å². The van der Waals surface area contributed by atoms with Crippen LogP contribution in [0.2, 0.25) is 0 Å². The topological polar surface area (TPSA) is 64.4 Å². The van der Waals surface area contributed by atoms with Crippen molar-refractivity contribution in [1.29, 1.82) is 0 Å². The van der Waals surface area contributed by atoms with Gasteiger partial charge in [-0.2, -0.15) is 0 Å². The Balaban J connectivity index is 1.72. The second-order valence-electron chi connectivity index (χ2n) is 7.98. The third kappa shape index (κ3) is 3.76. The Bertz CT molecular complexity index is 1310. The van der Waals surface area contributed by atoms with Crippen molar-refractivity contribution in [1.82, 2.24) is 19.9 Å². The first-order valence-corrected chi connectivity index (χ1v) is 11.3. The second kappa shape index (κ2) is 9.15. The zero-order valence-electron chi connectivity index (χ0n) is 19.2. The van der Waals surface area contributed by atoms with Gasteiger partial charge >= 0.3 is 0 Å². The number of anilines is 1. The van der Waals surface area contributed by atoms with Crippen LogP contribution in [0.3, 0.4) is 0 Å². The van der Waals surface area contributed by atoms with Gasteiger partial charge in [0, 0.05) is 29.8 Å². The number of nitrogens with one attached hydrogen (secondary N) is 1. The molecule has 0 amide bonds. The molecule has 4 heterocycles. The lowest BCUT2D eigenvalue weighted by molar-refractivity contribution is 0.394. The van der Waals surface area contributed by atoms with Gasteiger partial charge in [0.2, 0.25) is 0 Å². The summed E-state index contributed by atoms with van der Waals surface area (Å²) in [5.74, 6) is 1.39. The lowest BCUT2D eigenvalue weighted by atomic mass is 10.0. The van der Waals surface area contributed by atoms with Gasteiger partial charge in [0.1, 0.15) is 17.5 Å². The number of rotatable bonds is 6. The summed E-state index contributed by atoms with van der Waals surface area (Å²) in [5, 5.41) is 4.11. The van der Waals surface area contributed by atoms with Gasteiger partial charge in [-0.25, -0.2) is 0 Å². The first-order chi connectivity index (χ1) is 16.6. The number of methoxy groups -OCH3 is 2. The summed E-state index contributed by atoms with van der Waals surface area (Å²) >= 11 is 5.89. The van der Waals surface area contributed by atoms with Gasteiger partial charge in [-0.1, -0.05) is 6.07 Å². The Kier molecular flexibility index (Phi) is 5.90. The fourth-order valence-electron chi connectivity index (χ4n) is 4.53. The van der Waals surface area contributed by atoms with E-state index in [0.29, 0.717) is 16.6 Å². The minimum Gasteiger partial charge on any atom is -0.497 e. The molecule has 172 valence electrons.